The van der Waals surface area contributed by atoms with Crippen molar-refractivity contribution < 1.29 is 9.53 Å². The topological polar surface area (TPSA) is 57.0 Å². The molecule has 0 spiro atoms. The third-order valence-corrected chi connectivity index (χ3v) is 3.39. The maximum atomic E-state index is 11.3. The summed E-state index contributed by atoms with van der Waals surface area (Å²) in [5.41, 5.74) is 2.96. The SMILES string of the molecule is COc1cccc(-c2c(C=O)nnn2Cc2ccccc2)c1. The minimum atomic E-state index is 0.323. The van der Waals surface area contributed by atoms with Crippen LogP contribution in [0.25, 0.3) is 11.3 Å². The van der Waals surface area contributed by atoms with E-state index in [4.69, 9.17) is 4.74 Å². The van der Waals surface area contributed by atoms with Gasteiger partial charge in [0.1, 0.15) is 5.75 Å². The van der Waals surface area contributed by atoms with Crippen LogP contribution in [-0.4, -0.2) is 28.4 Å². The Labute approximate surface area is 128 Å². The summed E-state index contributed by atoms with van der Waals surface area (Å²) in [6.07, 6.45) is 0.725. The molecule has 0 aliphatic rings. The minimum Gasteiger partial charge on any atom is -0.497 e. The largest absolute Gasteiger partial charge is 0.497 e. The molecule has 5 nitrogen and oxygen atoms in total. The van der Waals surface area contributed by atoms with Crippen molar-refractivity contribution >= 4 is 6.29 Å². The number of aldehydes is 1. The van der Waals surface area contributed by atoms with Gasteiger partial charge in [-0.3, -0.25) is 4.79 Å². The molecule has 1 aromatic heterocycles. The number of aromatic nitrogens is 3. The predicted octanol–water partition coefficient (Wildman–Crippen LogP) is 2.81. The highest BCUT2D eigenvalue weighted by Gasteiger charge is 2.15. The second kappa shape index (κ2) is 6.22. The molecule has 2 aromatic carbocycles. The lowest BCUT2D eigenvalue weighted by atomic mass is 10.1. The number of methoxy groups -OCH3 is 1. The van der Waals surface area contributed by atoms with Gasteiger partial charge in [0.2, 0.25) is 0 Å². The van der Waals surface area contributed by atoms with Crippen LogP contribution >= 0.6 is 0 Å². The zero-order valence-electron chi connectivity index (χ0n) is 12.1. The summed E-state index contributed by atoms with van der Waals surface area (Å²) in [6, 6.07) is 17.4. The van der Waals surface area contributed by atoms with Gasteiger partial charge in [-0.2, -0.15) is 0 Å². The van der Waals surface area contributed by atoms with Crippen LogP contribution in [0.5, 0.6) is 5.75 Å². The number of hydrogen-bond donors (Lipinski definition) is 0. The van der Waals surface area contributed by atoms with E-state index in [9.17, 15) is 4.79 Å². The Morgan fingerprint density at radius 1 is 1.14 bits per heavy atom. The van der Waals surface area contributed by atoms with Crippen LogP contribution in [0, 0.1) is 0 Å². The molecule has 0 fully saturated rings. The molecule has 0 radical (unpaired) electrons. The first-order valence-corrected chi connectivity index (χ1v) is 6.89. The smallest absolute Gasteiger partial charge is 0.172 e. The second-order valence-electron chi connectivity index (χ2n) is 4.82. The quantitative estimate of drug-likeness (QED) is 0.679. The lowest BCUT2D eigenvalue weighted by Gasteiger charge is -2.08. The number of ether oxygens (including phenoxy) is 1. The van der Waals surface area contributed by atoms with E-state index in [1.54, 1.807) is 11.8 Å². The Hall–Kier alpha value is -2.95. The van der Waals surface area contributed by atoms with Gasteiger partial charge < -0.3 is 4.74 Å². The van der Waals surface area contributed by atoms with Crippen LogP contribution in [0.4, 0.5) is 0 Å². The highest BCUT2D eigenvalue weighted by atomic mass is 16.5. The van der Waals surface area contributed by atoms with Crippen LogP contribution in [-0.2, 0) is 6.54 Å². The van der Waals surface area contributed by atoms with Crippen molar-refractivity contribution in [1.29, 1.82) is 0 Å². The summed E-state index contributed by atoms with van der Waals surface area (Å²) in [7, 11) is 1.61. The van der Waals surface area contributed by atoms with Gasteiger partial charge in [-0.05, 0) is 17.7 Å². The van der Waals surface area contributed by atoms with Gasteiger partial charge in [-0.25, -0.2) is 4.68 Å². The Bertz CT molecular complexity index is 782. The van der Waals surface area contributed by atoms with E-state index in [2.05, 4.69) is 10.3 Å². The summed E-state index contributed by atoms with van der Waals surface area (Å²) in [6.45, 7) is 0.550. The Morgan fingerprint density at radius 2 is 1.95 bits per heavy atom. The first-order valence-electron chi connectivity index (χ1n) is 6.89. The van der Waals surface area contributed by atoms with Gasteiger partial charge in [-0.15, -0.1) is 5.10 Å². The van der Waals surface area contributed by atoms with E-state index < -0.39 is 0 Å². The summed E-state index contributed by atoms with van der Waals surface area (Å²) in [4.78, 5) is 11.3. The molecule has 0 atom stereocenters. The van der Waals surface area contributed by atoms with Crippen LogP contribution < -0.4 is 4.74 Å². The van der Waals surface area contributed by atoms with Gasteiger partial charge in [0.15, 0.2) is 12.0 Å². The highest BCUT2D eigenvalue weighted by Crippen LogP contribution is 2.25. The number of carbonyl (C=O) groups excluding carboxylic acids is 1. The maximum Gasteiger partial charge on any atom is 0.172 e. The van der Waals surface area contributed by atoms with Gasteiger partial charge >= 0.3 is 0 Å². The number of benzene rings is 2. The molecular formula is C17H15N3O2. The molecule has 0 amide bonds. The molecule has 0 N–H and O–H groups in total. The number of rotatable bonds is 5. The van der Waals surface area contributed by atoms with E-state index in [0.717, 1.165) is 23.2 Å². The molecule has 3 aromatic rings. The normalized spacial score (nSPS) is 10.4. The van der Waals surface area contributed by atoms with Gasteiger partial charge in [0.25, 0.3) is 0 Å². The van der Waals surface area contributed by atoms with Gasteiger partial charge in [0, 0.05) is 5.56 Å². The van der Waals surface area contributed by atoms with Crippen LogP contribution in [0.15, 0.2) is 54.6 Å². The average molecular weight is 293 g/mol. The first kappa shape index (κ1) is 14.0. The van der Waals surface area contributed by atoms with E-state index in [1.807, 2.05) is 54.6 Å². The van der Waals surface area contributed by atoms with E-state index in [-0.39, 0.29) is 0 Å². The van der Waals surface area contributed by atoms with Crippen LogP contribution in [0.3, 0.4) is 0 Å². The molecular weight excluding hydrogens is 278 g/mol. The van der Waals surface area contributed by atoms with E-state index in [1.165, 1.54) is 0 Å². The first-order chi connectivity index (χ1) is 10.8. The monoisotopic (exact) mass is 293 g/mol. The molecule has 0 aliphatic carbocycles. The zero-order chi connectivity index (χ0) is 15.4. The lowest BCUT2D eigenvalue weighted by Crippen LogP contribution is -2.04. The zero-order valence-corrected chi connectivity index (χ0v) is 12.1. The van der Waals surface area contributed by atoms with Crippen molar-refractivity contribution in [1.82, 2.24) is 15.0 Å². The molecule has 0 bridgehead atoms. The maximum absolute atomic E-state index is 11.3. The standard InChI is InChI=1S/C17H15N3O2/c1-22-15-9-5-8-14(10-15)17-16(12-21)18-19-20(17)11-13-6-3-2-4-7-13/h2-10,12H,11H2,1H3. The second-order valence-corrected chi connectivity index (χ2v) is 4.82. The van der Waals surface area contributed by atoms with Crippen LogP contribution in [0.1, 0.15) is 16.1 Å². The predicted molar refractivity (Wildman–Crippen MR) is 82.9 cm³/mol. The van der Waals surface area contributed by atoms with Crippen molar-refractivity contribution in [2.75, 3.05) is 7.11 Å². The fourth-order valence-corrected chi connectivity index (χ4v) is 2.34. The molecule has 0 saturated carbocycles. The van der Waals surface area contributed by atoms with Gasteiger partial charge in [0.05, 0.1) is 19.3 Å². The molecule has 110 valence electrons. The van der Waals surface area contributed by atoms with Crippen molar-refractivity contribution in [3.8, 4) is 17.0 Å². The lowest BCUT2D eigenvalue weighted by molar-refractivity contribution is 0.111. The Morgan fingerprint density at radius 3 is 2.68 bits per heavy atom. The van der Waals surface area contributed by atoms with Crippen molar-refractivity contribution in [3.05, 3.63) is 65.9 Å². The summed E-state index contributed by atoms with van der Waals surface area (Å²) >= 11 is 0. The van der Waals surface area contributed by atoms with Gasteiger partial charge in [-0.1, -0.05) is 47.7 Å². The number of nitrogens with zero attached hydrogens (tertiary/aromatic N) is 3. The molecule has 22 heavy (non-hydrogen) atoms. The summed E-state index contributed by atoms with van der Waals surface area (Å²) < 4.78 is 6.98. The Kier molecular flexibility index (Phi) is 3.96. The molecule has 5 heteroatoms. The fourth-order valence-electron chi connectivity index (χ4n) is 2.34. The molecule has 0 unspecified atom stereocenters. The van der Waals surface area contributed by atoms with Crippen molar-refractivity contribution in [2.24, 2.45) is 0 Å². The van der Waals surface area contributed by atoms with Crippen LogP contribution in [0.2, 0.25) is 0 Å². The van der Waals surface area contributed by atoms with E-state index in [0.29, 0.717) is 17.9 Å². The Balaban J connectivity index is 2.05. The average Bonchev–Trinajstić information content (AvgIpc) is 2.98. The molecule has 0 saturated heterocycles. The summed E-state index contributed by atoms with van der Waals surface area (Å²) in [5, 5.41) is 8.08. The van der Waals surface area contributed by atoms with Crippen molar-refractivity contribution in [2.45, 2.75) is 6.54 Å². The third-order valence-electron chi connectivity index (χ3n) is 3.39. The third kappa shape index (κ3) is 2.74. The number of carbonyl (C=O) groups is 1. The van der Waals surface area contributed by atoms with Crippen molar-refractivity contribution in [3.63, 3.8) is 0 Å². The summed E-state index contributed by atoms with van der Waals surface area (Å²) in [5.74, 6) is 0.724. The number of hydrogen-bond acceptors (Lipinski definition) is 4. The van der Waals surface area contributed by atoms with E-state index >= 15 is 0 Å². The molecule has 3 rings (SSSR count). The minimum absolute atomic E-state index is 0.323. The molecule has 0 aliphatic heterocycles. The fraction of sp³-hybridized carbons (Fsp3) is 0.118. The molecule has 1 heterocycles. The highest BCUT2D eigenvalue weighted by molar-refractivity contribution is 5.83.